The fraction of sp³-hybridized carbons (Fsp3) is 0.238. The third-order valence-corrected chi connectivity index (χ3v) is 4.69. The number of fused-ring (bicyclic) bond motifs is 1. The smallest absolute Gasteiger partial charge is 0.349 e. The van der Waals surface area contributed by atoms with Gasteiger partial charge in [0.1, 0.15) is 11.1 Å². The number of amides is 1. The van der Waals surface area contributed by atoms with Crippen molar-refractivity contribution in [3.63, 3.8) is 0 Å². The summed E-state index contributed by atoms with van der Waals surface area (Å²) in [6, 6.07) is 18.3. The SMILES string of the molecule is CC1CN(C(=O)c2cc3ccccc3oc2=O)C(c2ccccc2)CO1. The first-order valence-corrected chi connectivity index (χ1v) is 8.64. The van der Waals surface area contributed by atoms with Gasteiger partial charge in [-0.25, -0.2) is 4.79 Å². The van der Waals surface area contributed by atoms with E-state index in [1.54, 1.807) is 23.1 Å². The molecule has 0 saturated carbocycles. The summed E-state index contributed by atoms with van der Waals surface area (Å²) in [4.78, 5) is 27.3. The monoisotopic (exact) mass is 349 g/mol. The van der Waals surface area contributed by atoms with Gasteiger partial charge in [-0.2, -0.15) is 0 Å². The van der Waals surface area contributed by atoms with Crippen molar-refractivity contribution in [2.24, 2.45) is 0 Å². The fourth-order valence-corrected chi connectivity index (χ4v) is 3.34. The van der Waals surface area contributed by atoms with Crippen molar-refractivity contribution in [2.45, 2.75) is 19.1 Å². The quantitative estimate of drug-likeness (QED) is 0.666. The molecule has 1 amide bonds. The lowest BCUT2D eigenvalue weighted by Gasteiger charge is -2.38. The van der Waals surface area contributed by atoms with Crippen molar-refractivity contribution in [2.75, 3.05) is 13.2 Å². The Balaban J connectivity index is 1.75. The van der Waals surface area contributed by atoms with Gasteiger partial charge in [-0.15, -0.1) is 0 Å². The average molecular weight is 349 g/mol. The second kappa shape index (κ2) is 6.77. The standard InChI is InChI=1S/C21H19NO4/c1-14-12-22(18(13-25-14)15-7-3-2-4-8-15)20(23)17-11-16-9-5-6-10-19(16)26-21(17)24/h2-11,14,18H,12-13H2,1H3. The molecule has 1 saturated heterocycles. The molecule has 1 aliphatic heterocycles. The highest BCUT2D eigenvalue weighted by Gasteiger charge is 2.33. The predicted octanol–water partition coefficient (Wildman–Crippen LogP) is 3.40. The van der Waals surface area contributed by atoms with Crippen molar-refractivity contribution in [1.29, 1.82) is 0 Å². The molecular weight excluding hydrogens is 330 g/mol. The van der Waals surface area contributed by atoms with Crippen LogP contribution in [-0.2, 0) is 4.74 Å². The zero-order valence-corrected chi connectivity index (χ0v) is 14.4. The predicted molar refractivity (Wildman–Crippen MR) is 98.1 cm³/mol. The highest BCUT2D eigenvalue weighted by Crippen LogP contribution is 2.28. The lowest BCUT2D eigenvalue weighted by Crippen LogP contribution is -2.47. The van der Waals surface area contributed by atoms with Crippen molar-refractivity contribution < 1.29 is 13.9 Å². The minimum atomic E-state index is -0.611. The molecule has 2 aromatic carbocycles. The first kappa shape index (κ1) is 16.5. The Bertz CT molecular complexity index is 996. The molecule has 2 heterocycles. The zero-order chi connectivity index (χ0) is 18.1. The number of carbonyl (C=O) groups is 1. The normalized spacial score (nSPS) is 20.3. The van der Waals surface area contributed by atoms with Gasteiger partial charge in [0, 0.05) is 11.9 Å². The summed E-state index contributed by atoms with van der Waals surface area (Å²) in [5.74, 6) is -0.325. The number of benzene rings is 2. The van der Waals surface area contributed by atoms with Gasteiger partial charge in [0.15, 0.2) is 0 Å². The van der Waals surface area contributed by atoms with Crippen molar-refractivity contribution >= 4 is 16.9 Å². The van der Waals surface area contributed by atoms with Gasteiger partial charge in [0.05, 0.1) is 18.8 Å². The lowest BCUT2D eigenvalue weighted by molar-refractivity contribution is -0.0448. The highest BCUT2D eigenvalue weighted by molar-refractivity contribution is 5.97. The minimum Gasteiger partial charge on any atom is -0.422 e. The van der Waals surface area contributed by atoms with Gasteiger partial charge in [0.2, 0.25) is 0 Å². The Morgan fingerprint density at radius 3 is 2.62 bits per heavy atom. The van der Waals surface area contributed by atoms with E-state index in [2.05, 4.69) is 0 Å². The van der Waals surface area contributed by atoms with E-state index >= 15 is 0 Å². The third-order valence-electron chi connectivity index (χ3n) is 4.69. The highest BCUT2D eigenvalue weighted by atomic mass is 16.5. The van der Waals surface area contributed by atoms with E-state index < -0.39 is 5.63 Å². The summed E-state index contributed by atoms with van der Waals surface area (Å²) in [5, 5.41) is 0.730. The summed E-state index contributed by atoms with van der Waals surface area (Å²) in [6.07, 6.45) is -0.0913. The molecule has 0 N–H and O–H groups in total. The lowest BCUT2D eigenvalue weighted by atomic mass is 10.0. The average Bonchev–Trinajstić information content (AvgIpc) is 2.67. The molecule has 1 fully saturated rings. The number of rotatable bonds is 2. The molecule has 0 bridgehead atoms. The molecule has 0 radical (unpaired) electrons. The summed E-state index contributed by atoms with van der Waals surface area (Å²) in [7, 11) is 0. The van der Waals surface area contributed by atoms with Crippen LogP contribution < -0.4 is 5.63 Å². The Morgan fingerprint density at radius 2 is 1.81 bits per heavy atom. The van der Waals surface area contributed by atoms with Gasteiger partial charge in [-0.1, -0.05) is 48.5 Å². The van der Waals surface area contributed by atoms with E-state index in [-0.39, 0.29) is 23.6 Å². The van der Waals surface area contributed by atoms with E-state index in [1.165, 1.54) is 0 Å². The molecule has 5 heteroatoms. The van der Waals surface area contributed by atoms with Crippen molar-refractivity contribution in [3.05, 3.63) is 82.2 Å². The summed E-state index contributed by atoms with van der Waals surface area (Å²) < 4.78 is 11.1. The van der Waals surface area contributed by atoms with Crippen LogP contribution in [0.5, 0.6) is 0 Å². The maximum Gasteiger partial charge on any atom is 0.349 e. The molecule has 2 atom stereocenters. The largest absolute Gasteiger partial charge is 0.422 e. The van der Waals surface area contributed by atoms with Gasteiger partial charge in [-0.3, -0.25) is 4.79 Å². The first-order chi connectivity index (χ1) is 12.6. The number of nitrogens with zero attached hydrogens (tertiary/aromatic N) is 1. The molecule has 4 rings (SSSR count). The van der Waals surface area contributed by atoms with Crippen molar-refractivity contribution in [3.8, 4) is 0 Å². The second-order valence-corrected chi connectivity index (χ2v) is 6.51. The summed E-state index contributed by atoms with van der Waals surface area (Å²) in [5.41, 5.74) is 0.903. The van der Waals surface area contributed by atoms with Crippen LogP contribution in [0.25, 0.3) is 11.0 Å². The molecule has 2 unspecified atom stereocenters. The molecular formula is C21H19NO4. The maximum absolute atomic E-state index is 13.2. The fourth-order valence-electron chi connectivity index (χ4n) is 3.34. The Hall–Kier alpha value is -2.92. The maximum atomic E-state index is 13.2. The van der Waals surface area contributed by atoms with Crippen LogP contribution in [0.15, 0.2) is 69.9 Å². The Labute approximate surface area is 150 Å². The Kier molecular flexibility index (Phi) is 4.31. The number of hydrogen-bond acceptors (Lipinski definition) is 4. The van der Waals surface area contributed by atoms with E-state index in [9.17, 15) is 9.59 Å². The van der Waals surface area contributed by atoms with E-state index in [4.69, 9.17) is 9.15 Å². The molecule has 0 aliphatic carbocycles. The molecule has 1 aliphatic rings. The minimum absolute atomic E-state index is 0.0544. The van der Waals surface area contributed by atoms with Gasteiger partial charge >= 0.3 is 5.63 Å². The van der Waals surface area contributed by atoms with Crippen molar-refractivity contribution in [1.82, 2.24) is 4.90 Å². The number of morpholine rings is 1. The van der Waals surface area contributed by atoms with Gasteiger partial charge < -0.3 is 14.1 Å². The molecule has 132 valence electrons. The Morgan fingerprint density at radius 1 is 1.08 bits per heavy atom. The van der Waals surface area contributed by atoms with E-state index in [1.807, 2.05) is 49.4 Å². The topological polar surface area (TPSA) is 59.8 Å². The summed E-state index contributed by atoms with van der Waals surface area (Å²) >= 11 is 0. The number of hydrogen-bond donors (Lipinski definition) is 0. The van der Waals surface area contributed by atoms with Crippen LogP contribution in [0.1, 0.15) is 28.9 Å². The molecule has 5 nitrogen and oxygen atoms in total. The molecule has 26 heavy (non-hydrogen) atoms. The van der Waals surface area contributed by atoms with Crippen LogP contribution in [0, 0.1) is 0 Å². The van der Waals surface area contributed by atoms with E-state index in [0.29, 0.717) is 18.7 Å². The first-order valence-electron chi connectivity index (χ1n) is 8.64. The molecule has 3 aromatic rings. The van der Waals surface area contributed by atoms with Crippen LogP contribution in [0.2, 0.25) is 0 Å². The van der Waals surface area contributed by atoms with E-state index in [0.717, 1.165) is 10.9 Å². The molecule has 1 aromatic heterocycles. The van der Waals surface area contributed by atoms with Gasteiger partial charge in [0.25, 0.3) is 5.91 Å². The van der Waals surface area contributed by atoms with Crippen LogP contribution in [0.3, 0.4) is 0 Å². The third kappa shape index (κ3) is 3.02. The number of ether oxygens (including phenoxy) is 1. The molecule has 0 spiro atoms. The second-order valence-electron chi connectivity index (χ2n) is 6.51. The summed E-state index contributed by atoms with van der Waals surface area (Å²) in [6.45, 7) is 2.74. The zero-order valence-electron chi connectivity index (χ0n) is 14.4. The number of carbonyl (C=O) groups excluding carboxylic acids is 1. The van der Waals surface area contributed by atoms with Crippen LogP contribution in [0.4, 0.5) is 0 Å². The van der Waals surface area contributed by atoms with Gasteiger partial charge in [-0.05, 0) is 24.6 Å². The van der Waals surface area contributed by atoms with Crippen LogP contribution in [-0.4, -0.2) is 30.1 Å². The number of para-hydroxylation sites is 1. The van der Waals surface area contributed by atoms with Crippen LogP contribution >= 0.6 is 0 Å².